The summed E-state index contributed by atoms with van der Waals surface area (Å²) in [6.45, 7) is -0.271. The molecule has 2 aromatic carbocycles. The Hall–Kier alpha value is -2.88. The Balaban J connectivity index is 1.74. The highest BCUT2D eigenvalue weighted by Crippen LogP contribution is 2.30. The van der Waals surface area contributed by atoms with Gasteiger partial charge in [-0.3, -0.25) is 4.79 Å². The quantitative estimate of drug-likeness (QED) is 0.751. The fraction of sp³-hybridized carbons (Fsp3) is 0.0588. The van der Waals surface area contributed by atoms with Crippen molar-refractivity contribution in [2.45, 2.75) is 0 Å². The van der Waals surface area contributed by atoms with Crippen LogP contribution in [0.3, 0.4) is 0 Å². The maximum atomic E-state index is 12.0. The van der Waals surface area contributed by atoms with Crippen LogP contribution in [0.25, 0.3) is 10.9 Å². The number of carbonyl (C=O) groups is 1. The van der Waals surface area contributed by atoms with E-state index in [0.29, 0.717) is 32.2 Å². The van der Waals surface area contributed by atoms with Crippen molar-refractivity contribution in [2.24, 2.45) is 0 Å². The van der Waals surface area contributed by atoms with Gasteiger partial charge in [-0.15, -0.1) is 0 Å². The zero-order valence-electron chi connectivity index (χ0n) is 12.7. The van der Waals surface area contributed by atoms with E-state index in [2.05, 4.69) is 15.3 Å². The molecule has 0 aliphatic heterocycles. The van der Waals surface area contributed by atoms with E-state index in [-0.39, 0.29) is 12.5 Å². The number of hydrogen-bond donors (Lipinski definition) is 1. The molecule has 0 spiro atoms. The summed E-state index contributed by atoms with van der Waals surface area (Å²) in [4.78, 5) is 20.1. The van der Waals surface area contributed by atoms with E-state index < -0.39 is 5.91 Å². The number of hydrogen-bond acceptors (Lipinski definition) is 5. The van der Waals surface area contributed by atoms with E-state index in [1.54, 1.807) is 36.4 Å². The molecule has 3 aromatic rings. The van der Waals surface area contributed by atoms with Gasteiger partial charge in [0.25, 0.3) is 5.91 Å². The minimum Gasteiger partial charge on any atom is -0.467 e. The standard InChI is InChI=1S/C17H10Cl2N4O2/c18-11-5-13-16(14(19)6-11)21-9-22-17(13)25-8-15(24)23-12-3-1-2-10(4-12)7-20/h1-6,9H,8H2,(H,23,24). The van der Waals surface area contributed by atoms with E-state index in [4.69, 9.17) is 33.2 Å². The first kappa shape index (κ1) is 17.0. The number of nitrogens with zero attached hydrogens (tertiary/aromatic N) is 3. The number of nitriles is 1. The summed E-state index contributed by atoms with van der Waals surface area (Å²) in [6.07, 6.45) is 1.30. The molecule has 6 nitrogen and oxygen atoms in total. The number of fused-ring (bicyclic) bond motifs is 1. The predicted octanol–water partition coefficient (Wildman–Crippen LogP) is 3.83. The molecule has 8 heteroatoms. The van der Waals surface area contributed by atoms with Crippen molar-refractivity contribution in [3.63, 3.8) is 0 Å². The molecule has 124 valence electrons. The SMILES string of the molecule is N#Cc1cccc(NC(=O)COc2ncnc3c(Cl)cc(Cl)cc23)c1. The number of rotatable bonds is 4. The Morgan fingerprint density at radius 3 is 2.88 bits per heavy atom. The van der Waals surface area contributed by atoms with E-state index in [0.717, 1.165) is 0 Å². The summed E-state index contributed by atoms with van der Waals surface area (Å²) in [7, 11) is 0. The van der Waals surface area contributed by atoms with E-state index >= 15 is 0 Å². The lowest BCUT2D eigenvalue weighted by Gasteiger charge is -2.09. The van der Waals surface area contributed by atoms with Gasteiger partial charge in [0.1, 0.15) is 6.33 Å². The first-order valence-corrected chi connectivity index (χ1v) is 7.85. The van der Waals surface area contributed by atoms with E-state index in [9.17, 15) is 4.79 Å². The number of aromatic nitrogens is 2. The number of carbonyl (C=O) groups excluding carboxylic acids is 1. The average Bonchev–Trinajstić information content (AvgIpc) is 2.60. The normalized spacial score (nSPS) is 10.3. The Bertz CT molecular complexity index is 1000. The fourth-order valence-corrected chi connectivity index (χ4v) is 2.72. The van der Waals surface area contributed by atoms with Crippen LogP contribution in [0, 0.1) is 11.3 Å². The van der Waals surface area contributed by atoms with Crippen LogP contribution in [0.4, 0.5) is 5.69 Å². The summed E-state index contributed by atoms with van der Waals surface area (Å²) in [6, 6.07) is 11.8. The highest BCUT2D eigenvalue weighted by molar-refractivity contribution is 6.38. The Morgan fingerprint density at radius 1 is 1.24 bits per heavy atom. The molecule has 0 aliphatic carbocycles. The van der Waals surface area contributed by atoms with Gasteiger partial charge in [0.2, 0.25) is 5.88 Å². The topological polar surface area (TPSA) is 87.9 Å². The molecule has 25 heavy (non-hydrogen) atoms. The van der Waals surface area contributed by atoms with E-state index in [1.807, 2.05) is 6.07 Å². The van der Waals surface area contributed by atoms with Gasteiger partial charge in [-0.1, -0.05) is 29.3 Å². The molecule has 1 N–H and O–H groups in total. The Kier molecular flexibility index (Phi) is 4.98. The monoisotopic (exact) mass is 372 g/mol. The lowest BCUT2D eigenvalue weighted by atomic mass is 10.2. The molecule has 0 unspecified atom stereocenters. The molecule has 0 saturated heterocycles. The number of nitrogens with one attached hydrogen (secondary N) is 1. The first-order chi connectivity index (χ1) is 12.1. The lowest BCUT2D eigenvalue weighted by Crippen LogP contribution is -2.20. The summed E-state index contributed by atoms with van der Waals surface area (Å²) in [5.74, 6) is -0.190. The van der Waals surface area contributed by atoms with Gasteiger partial charge in [-0.25, -0.2) is 9.97 Å². The largest absolute Gasteiger partial charge is 0.467 e. The molecule has 1 heterocycles. The van der Waals surface area contributed by atoms with Gasteiger partial charge < -0.3 is 10.1 Å². The molecule has 1 amide bonds. The van der Waals surface area contributed by atoms with Gasteiger partial charge in [-0.05, 0) is 30.3 Å². The zero-order chi connectivity index (χ0) is 17.8. The van der Waals surface area contributed by atoms with Crippen LogP contribution in [0.1, 0.15) is 5.56 Å². The van der Waals surface area contributed by atoms with Crippen LogP contribution < -0.4 is 10.1 Å². The molecule has 0 saturated carbocycles. The molecule has 0 aliphatic rings. The highest BCUT2D eigenvalue weighted by atomic mass is 35.5. The van der Waals surface area contributed by atoms with Crippen molar-refractivity contribution < 1.29 is 9.53 Å². The summed E-state index contributed by atoms with van der Waals surface area (Å²) in [5.41, 5.74) is 1.44. The maximum Gasteiger partial charge on any atom is 0.262 e. The number of amides is 1. The Morgan fingerprint density at radius 2 is 2.08 bits per heavy atom. The van der Waals surface area contributed by atoms with Gasteiger partial charge in [-0.2, -0.15) is 5.26 Å². The van der Waals surface area contributed by atoms with Crippen LogP contribution in [0.2, 0.25) is 10.0 Å². The third-order valence-electron chi connectivity index (χ3n) is 3.24. The van der Waals surface area contributed by atoms with Gasteiger partial charge in [0, 0.05) is 10.7 Å². The van der Waals surface area contributed by atoms with Crippen molar-refractivity contribution in [3.8, 4) is 11.9 Å². The second kappa shape index (κ2) is 7.34. The summed E-state index contributed by atoms with van der Waals surface area (Å²) in [5, 5.41) is 12.8. The number of anilines is 1. The third-order valence-corrected chi connectivity index (χ3v) is 3.74. The van der Waals surface area contributed by atoms with Gasteiger partial charge >= 0.3 is 0 Å². The van der Waals surface area contributed by atoms with Crippen molar-refractivity contribution in [1.82, 2.24) is 9.97 Å². The van der Waals surface area contributed by atoms with Crippen LogP contribution in [-0.2, 0) is 4.79 Å². The van der Waals surface area contributed by atoms with Crippen molar-refractivity contribution in [2.75, 3.05) is 11.9 Å². The average molecular weight is 373 g/mol. The fourth-order valence-electron chi connectivity index (χ4n) is 2.18. The lowest BCUT2D eigenvalue weighted by molar-refractivity contribution is -0.118. The summed E-state index contributed by atoms with van der Waals surface area (Å²) < 4.78 is 5.47. The molecule has 3 rings (SSSR count). The molecule has 0 bridgehead atoms. The van der Waals surface area contributed by atoms with Crippen molar-refractivity contribution in [3.05, 3.63) is 58.3 Å². The van der Waals surface area contributed by atoms with Crippen LogP contribution >= 0.6 is 23.2 Å². The highest BCUT2D eigenvalue weighted by Gasteiger charge is 2.11. The predicted molar refractivity (Wildman–Crippen MR) is 94.8 cm³/mol. The van der Waals surface area contributed by atoms with Crippen molar-refractivity contribution >= 4 is 45.7 Å². The van der Waals surface area contributed by atoms with Crippen LogP contribution in [-0.4, -0.2) is 22.5 Å². The smallest absolute Gasteiger partial charge is 0.262 e. The molecule has 0 fully saturated rings. The number of halogens is 2. The first-order valence-electron chi connectivity index (χ1n) is 7.09. The minimum atomic E-state index is -0.394. The molecule has 0 atom stereocenters. The van der Waals surface area contributed by atoms with Crippen LogP contribution in [0.15, 0.2) is 42.7 Å². The van der Waals surface area contributed by atoms with Crippen LogP contribution in [0.5, 0.6) is 5.88 Å². The van der Waals surface area contributed by atoms with Gasteiger partial charge in [0.15, 0.2) is 6.61 Å². The minimum absolute atomic E-state index is 0.204. The second-order valence-electron chi connectivity index (χ2n) is 4.99. The molecule has 1 aromatic heterocycles. The number of ether oxygens (including phenoxy) is 1. The third kappa shape index (κ3) is 3.97. The zero-order valence-corrected chi connectivity index (χ0v) is 14.2. The Labute approximate surface area is 153 Å². The molecule has 0 radical (unpaired) electrons. The molecular formula is C17H10Cl2N4O2. The van der Waals surface area contributed by atoms with E-state index in [1.165, 1.54) is 6.33 Å². The van der Waals surface area contributed by atoms with Crippen molar-refractivity contribution in [1.29, 1.82) is 5.26 Å². The maximum absolute atomic E-state index is 12.0. The summed E-state index contributed by atoms with van der Waals surface area (Å²) >= 11 is 12.1. The number of benzene rings is 2. The second-order valence-corrected chi connectivity index (χ2v) is 5.84. The van der Waals surface area contributed by atoms with Gasteiger partial charge in [0.05, 0.1) is 27.6 Å². The molecular weight excluding hydrogens is 363 g/mol.